The van der Waals surface area contributed by atoms with Crippen LogP contribution < -0.4 is 0 Å². The van der Waals surface area contributed by atoms with Gasteiger partial charge >= 0.3 is 0 Å². The summed E-state index contributed by atoms with van der Waals surface area (Å²) in [6.45, 7) is 0. The summed E-state index contributed by atoms with van der Waals surface area (Å²) in [5.74, 6) is 0. The van der Waals surface area contributed by atoms with E-state index in [1.807, 2.05) is 24.3 Å². The Morgan fingerprint density at radius 2 is 2.23 bits per heavy atom. The van der Waals surface area contributed by atoms with Crippen molar-refractivity contribution in [3.8, 4) is 0 Å². The third kappa shape index (κ3) is 1.67. The van der Waals surface area contributed by atoms with E-state index in [4.69, 9.17) is 0 Å². The molecule has 3 nitrogen and oxygen atoms in total. The number of para-hydroxylation sites is 1. The van der Waals surface area contributed by atoms with Crippen molar-refractivity contribution < 1.29 is 4.74 Å². The fourth-order valence-electron chi connectivity index (χ4n) is 1.10. The highest BCUT2D eigenvalue weighted by Crippen LogP contribution is 2.19. The number of fused-ring (bicyclic) bond motifs is 1. The normalized spacial score (nSPS) is 12.2. The number of hydroxylamine groups is 1. The lowest BCUT2D eigenvalue weighted by Crippen LogP contribution is -1.96. The van der Waals surface area contributed by atoms with Gasteiger partial charge in [-0.15, -0.1) is 11.3 Å². The maximum atomic E-state index is 10.7. The Morgan fingerprint density at radius 3 is 2.92 bits per heavy atom. The molecule has 0 amide bonds. The van der Waals surface area contributed by atoms with E-state index in [2.05, 4.69) is 4.98 Å². The Labute approximate surface area is 79.6 Å². The van der Waals surface area contributed by atoms with Gasteiger partial charge in [-0.2, -0.15) is 0 Å². The molecule has 0 aliphatic rings. The van der Waals surface area contributed by atoms with Crippen LogP contribution in [0.25, 0.3) is 10.2 Å². The summed E-state index contributed by atoms with van der Waals surface area (Å²) in [5, 5.41) is 11.5. The summed E-state index contributed by atoms with van der Waals surface area (Å²) in [6.07, 6.45) is 1.48. The largest absolute Gasteiger partial charge is 0.624 e. The zero-order chi connectivity index (χ0) is 9.26. The summed E-state index contributed by atoms with van der Waals surface area (Å²) in [5.41, 5.74) is 0.945. The number of benzene rings is 1. The Bertz CT molecular complexity index is 424. The van der Waals surface area contributed by atoms with E-state index < -0.39 is 0 Å². The first-order valence-electron chi connectivity index (χ1n) is 3.86. The first-order chi connectivity index (χ1) is 6.25. The Hall–Kier alpha value is -1.42. The van der Waals surface area contributed by atoms with Crippen LogP contribution in [-0.2, 0) is 0 Å². The van der Waals surface area contributed by atoms with Crippen LogP contribution in [0.1, 0.15) is 5.01 Å². The van der Waals surface area contributed by atoms with Crippen molar-refractivity contribution in [1.82, 2.24) is 4.98 Å². The number of thiazole rings is 1. The minimum Gasteiger partial charge on any atom is -0.624 e. The molecule has 66 valence electrons. The van der Waals surface area contributed by atoms with E-state index in [1.165, 1.54) is 24.6 Å². The average Bonchev–Trinajstić information content (AvgIpc) is 2.44. The number of nitrogens with zero attached hydrogens (tertiary/aromatic N) is 2. The van der Waals surface area contributed by atoms with Gasteiger partial charge in [0.2, 0.25) is 6.21 Å². The van der Waals surface area contributed by atoms with Gasteiger partial charge in [0.05, 0.1) is 10.2 Å². The minimum absolute atomic E-state index is 0.749. The van der Waals surface area contributed by atoms with E-state index >= 15 is 0 Å². The Morgan fingerprint density at radius 1 is 1.46 bits per heavy atom. The predicted molar refractivity (Wildman–Crippen MR) is 54.3 cm³/mol. The summed E-state index contributed by atoms with van der Waals surface area (Å²) >= 11 is 1.52. The van der Waals surface area contributed by atoms with Crippen molar-refractivity contribution in [2.45, 2.75) is 0 Å². The third-order valence-corrected chi connectivity index (χ3v) is 2.57. The van der Waals surface area contributed by atoms with E-state index in [0.29, 0.717) is 0 Å². The fourth-order valence-corrected chi connectivity index (χ4v) is 2.04. The summed E-state index contributed by atoms with van der Waals surface area (Å²) in [6, 6.07) is 7.83. The van der Waals surface area contributed by atoms with Crippen molar-refractivity contribution >= 4 is 27.8 Å². The second kappa shape index (κ2) is 3.14. The SMILES string of the molecule is C/[N+]([O-])=C\c1nc2ccccc2s1. The molecule has 0 saturated heterocycles. The van der Waals surface area contributed by atoms with Crippen LogP contribution in [0.3, 0.4) is 0 Å². The summed E-state index contributed by atoms with van der Waals surface area (Å²) < 4.78 is 1.87. The van der Waals surface area contributed by atoms with E-state index in [0.717, 1.165) is 20.0 Å². The standard InChI is InChI=1S/C9H8N2OS/c1-11(12)6-9-10-7-4-2-3-5-8(7)13-9/h2-6H,1H3/b11-6+. The van der Waals surface area contributed by atoms with Crippen molar-refractivity contribution in [2.75, 3.05) is 7.05 Å². The number of aromatic nitrogens is 1. The molecule has 13 heavy (non-hydrogen) atoms. The average molecular weight is 192 g/mol. The van der Waals surface area contributed by atoms with Gasteiger partial charge in [0, 0.05) is 0 Å². The highest BCUT2D eigenvalue weighted by Gasteiger charge is 2.01. The molecule has 1 aromatic carbocycles. The molecule has 1 heterocycles. The highest BCUT2D eigenvalue weighted by atomic mass is 32.1. The highest BCUT2D eigenvalue weighted by molar-refractivity contribution is 7.20. The molecular weight excluding hydrogens is 184 g/mol. The molecule has 0 N–H and O–H groups in total. The second-order valence-electron chi connectivity index (χ2n) is 2.70. The molecule has 2 rings (SSSR count). The van der Waals surface area contributed by atoms with Gasteiger partial charge < -0.3 is 5.21 Å². The molecule has 1 aromatic heterocycles. The first-order valence-corrected chi connectivity index (χ1v) is 4.68. The molecule has 4 heteroatoms. The van der Waals surface area contributed by atoms with Crippen LogP contribution in [-0.4, -0.2) is 23.0 Å². The fraction of sp³-hybridized carbons (Fsp3) is 0.111. The number of hydrogen-bond donors (Lipinski definition) is 0. The summed E-state index contributed by atoms with van der Waals surface area (Å²) in [7, 11) is 1.45. The molecule has 0 saturated carbocycles. The second-order valence-corrected chi connectivity index (χ2v) is 3.76. The van der Waals surface area contributed by atoms with Gasteiger partial charge in [0.15, 0.2) is 5.01 Å². The monoisotopic (exact) mass is 192 g/mol. The number of hydrogen-bond acceptors (Lipinski definition) is 3. The third-order valence-electron chi connectivity index (χ3n) is 1.60. The van der Waals surface area contributed by atoms with Crippen LogP contribution in [0.2, 0.25) is 0 Å². The molecule has 0 radical (unpaired) electrons. The van der Waals surface area contributed by atoms with Crippen molar-refractivity contribution in [1.29, 1.82) is 0 Å². The van der Waals surface area contributed by atoms with Gasteiger partial charge in [0.25, 0.3) is 0 Å². The van der Waals surface area contributed by atoms with Gasteiger partial charge in [-0.1, -0.05) is 12.1 Å². The van der Waals surface area contributed by atoms with Crippen LogP contribution in [0.4, 0.5) is 0 Å². The quantitative estimate of drug-likeness (QED) is 0.299. The lowest BCUT2D eigenvalue weighted by atomic mass is 10.3. The van der Waals surface area contributed by atoms with Crippen molar-refractivity contribution in [3.05, 3.63) is 34.5 Å². The van der Waals surface area contributed by atoms with Gasteiger partial charge in [-0.25, -0.2) is 9.72 Å². The van der Waals surface area contributed by atoms with Crippen LogP contribution >= 0.6 is 11.3 Å². The van der Waals surface area contributed by atoms with Crippen LogP contribution in [0, 0.1) is 5.21 Å². The van der Waals surface area contributed by atoms with Crippen molar-refractivity contribution in [3.63, 3.8) is 0 Å². The van der Waals surface area contributed by atoms with Gasteiger partial charge in [-0.3, -0.25) is 0 Å². The topological polar surface area (TPSA) is 39.0 Å². The molecule has 0 aliphatic heterocycles. The van der Waals surface area contributed by atoms with E-state index in [-0.39, 0.29) is 0 Å². The minimum atomic E-state index is 0.749. The molecule has 0 aliphatic carbocycles. The molecule has 0 spiro atoms. The van der Waals surface area contributed by atoms with E-state index in [1.54, 1.807) is 0 Å². The Balaban J connectivity index is 2.56. The number of rotatable bonds is 1. The van der Waals surface area contributed by atoms with E-state index in [9.17, 15) is 5.21 Å². The lowest BCUT2D eigenvalue weighted by molar-refractivity contribution is -0.416. The molecule has 0 unspecified atom stereocenters. The smallest absolute Gasteiger partial charge is 0.210 e. The molecule has 0 fully saturated rings. The molecule has 2 aromatic rings. The van der Waals surface area contributed by atoms with Crippen LogP contribution in [0.5, 0.6) is 0 Å². The Kier molecular flexibility index (Phi) is 1.98. The lowest BCUT2D eigenvalue weighted by Gasteiger charge is -1.89. The van der Waals surface area contributed by atoms with Gasteiger partial charge in [-0.05, 0) is 12.1 Å². The van der Waals surface area contributed by atoms with Crippen molar-refractivity contribution in [2.24, 2.45) is 0 Å². The first kappa shape index (κ1) is 8.19. The zero-order valence-corrected chi connectivity index (χ0v) is 7.91. The zero-order valence-electron chi connectivity index (χ0n) is 7.10. The molecule has 0 bridgehead atoms. The summed E-state index contributed by atoms with van der Waals surface area (Å²) in [4.78, 5) is 4.27. The maximum Gasteiger partial charge on any atom is 0.210 e. The predicted octanol–water partition coefficient (Wildman–Crippen LogP) is 1.86. The molecule has 0 atom stereocenters. The molecular formula is C9H8N2OS. The van der Waals surface area contributed by atoms with Crippen LogP contribution in [0.15, 0.2) is 24.3 Å². The van der Waals surface area contributed by atoms with Gasteiger partial charge in [0.1, 0.15) is 7.05 Å². The maximum absolute atomic E-state index is 10.7.